The fourth-order valence-electron chi connectivity index (χ4n) is 3.41. The van der Waals surface area contributed by atoms with E-state index in [2.05, 4.69) is 20.6 Å². The van der Waals surface area contributed by atoms with Crippen LogP contribution in [-0.2, 0) is 22.3 Å². The van der Waals surface area contributed by atoms with E-state index in [0.29, 0.717) is 24.7 Å². The number of halogens is 4. The van der Waals surface area contributed by atoms with E-state index >= 15 is 0 Å². The van der Waals surface area contributed by atoms with Crippen LogP contribution in [0.25, 0.3) is 11.1 Å². The Morgan fingerprint density at radius 2 is 1.89 bits per heavy atom. The Morgan fingerprint density at radius 1 is 1.08 bits per heavy atom. The van der Waals surface area contributed by atoms with Crippen LogP contribution >= 0.6 is 0 Å². The molecule has 0 aliphatic heterocycles. The van der Waals surface area contributed by atoms with Crippen molar-refractivity contribution in [3.05, 3.63) is 65.7 Å². The van der Waals surface area contributed by atoms with Crippen LogP contribution in [0.5, 0.6) is 5.88 Å². The molecule has 0 saturated carbocycles. The zero-order valence-corrected chi connectivity index (χ0v) is 20.3. The van der Waals surface area contributed by atoms with Gasteiger partial charge in [0.1, 0.15) is 12.4 Å². The number of hydrogen-bond acceptors (Lipinski definition) is 7. The second-order valence-corrected chi connectivity index (χ2v) is 8.14. The average Bonchev–Trinajstić information content (AvgIpc) is 2.85. The Morgan fingerprint density at radius 3 is 2.62 bits per heavy atom. The van der Waals surface area contributed by atoms with Crippen molar-refractivity contribution in [2.75, 3.05) is 51.1 Å². The molecule has 3 aromatic rings. The maximum Gasteiger partial charge on any atom is 0.417 e. The van der Waals surface area contributed by atoms with Crippen LogP contribution in [0.3, 0.4) is 0 Å². The van der Waals surface area contributed by atoms with Crippen molar-refractivity contribution in [1.82, 2.24) is 14.9 Å². The molecule has 37 heavy (non-hydrogen) atoms. The van der Waals surface area contributed by atoms with Gasteiger partial charge in [0.15, 0.2) is 0 Å². The second kappa shape index (κ2) is 13.0. The number of hydrogen-bond donors (Lipinski definition) is 2. The number of anilines is 2. The van der Waals surface area contributed by atoms with Gasteiger partial charge < -0.3 is 25.0 Å². The van der Waals surface area contributed by atoms with Crippen molar-refractivity contribution in [2.45, 2.75) is 12.7 Å². The number of rotatable bonds is 13. The molecule has 2 heterocycles. The van der Waals surface area contributed by atoms with Gasteiger partial charge in [-0.3, -0.25) is 4.79 Å². The van der Waals surface area contributed by atoms with Crippen LogP contribution in [0, 0.1) is 5.95 Å². The number of alkyl halides is 3. The number of nitrogens with one attached hydrogen (secondary N) is 2. The van der Waals surface area contributed by atoms with Crippen LogP contribution < -0.4 is 15.4 Å². The third-order valence-electron chi connectivity index (χ3n) is 5.13. The molecular formula is C25H27F4N5O3. The SMILES string of the molecule is CN(C)CCOCCOc1cc(CNc2nc(F)ccc2-c2c(NC=O)cccc2C(F)(F)F)ccn1. The smallest absolute Gasteiger partial charge is 0.417 e. The summed E-state index contributed by atoms with van der Waals surface area (Å²) in [7, 11) is 3.89. The first-order chi connectivity index (χ1) is 17.7. The van der Waals surface area contributed by atoms with E-state index in [1.807, 2.05) is 19.0 Å². The first kappa shape index (κ1) is 27.8. The highest BCUT2D eigenvalue weighted by Crippen LogP contribution is 2.43. The molecule has 8 nitrogen and oxygen atoms in total. The lowest BCUT2D eigenvalue weighted by Gasteiger charge is -2.19. The molecule has 198 valence electrons. The molecule has 3 rings (SSSR count). The van der Waals surface area contributed by atoms with Gasteiger partial charge >= 0.3 is 6.18 Å². The summed E-state index contributed by atoms with van der Waals surface area (Å²) in [6.45, 7) is 2.11. The van der Waals surface area contributed by atoms with Crippen molar-refractivity contribution in [3.8, 4) is 17.0 Å². The van der Waals surface area contributed by atoms with E-state index in [1.54, 1.807) is 12.1 Å². The lowest BCUT2D eigenvalue weighted by Crippen LogP contribution is -2.19. The van der Waals surface area contributed by atoms with Crippen molar-refractivity contribution in [2.24, 2.45) is 0 Å². The predicted molar refractivity (Wildman–Crippen MR) is 131 cm³/mol. The monoisotopic (exact) mass is 521 g/mol. The number of carbonyl (C=O) groups is 1. The Hall–Kier alpha value is -3.77. The van der Waals surface area contributed by atoms with E-state index in [4.69, 9.17) is 9.47 Å². The van der Waals surface area contributed by atoms with Crippen LogP contribution in [0.15, 0.2) is 48.7 Å². The molecule has 0 saturated heterocycles. The van der Waals surface area contributed by atoms with Gasteiger partial charge in [-0.25, -0.2) is 9.97 Å². The van der Waals surface area contributed by atoms with Crippen molar-refractivity contribution >= 4 is 17.9 Å². The topological polar surface area (TPSA) is 88.6 Å². The minimum atomic E-state index is -4.73. The summed E-state index contributed by atoms with van der Waals surface area (Å²) in [6, 6.07) is 8.84. The molecule has 1 amide bonds. The van der Waals surface area contributed by atoms with Gasteiger partial charge in [-0.1, -0.05) is 6.07 Å². The quantitative estimate of drug-likeness (QED) is 0.149. The Balaban J connectivity index is 1.78. The minimum absolute atomic E-state index is 0.0286. The first-order valence-electron chi connectivity index (χ1n) is 11.3. The molecule has 0 bridgehead atoms. The normalized spacial score (nSPS) is 11.4. The van der Waals surface area contributed by atoms with Crippen molar-refractivity contribution in [1.29, 1.82) is 0 Å². The zero-order chi connectivity index (χ0) is 26.8. The maximum absolute atomic E-state index is 14.0. The summed E-state index contributed by atoms with van der Waals surface area (Å²) in [5, 5.41) is 5.17. The van der Waals surface area contributed by atoms with Crippen molar-refractivity contribution in [3.63, 3.8) is 0 Å². The third-order valence-corrected chi connectivity index (χ3v) is 5.13. The number of aromatic nitrogens is 2. The van der Waals surface area contributed by atoms with Gasteiger partial charge in [-0.15, -0.1) is 0 Å². The summed E-state index contributed by atoms with van der Waals surface area (Å²) in [5.74, 6) is -0.671. The molecule has 12 heteroatoms. The molecule has 0 aliphatic rings. The molecule has 0 radical (unpaired) electrons. The van der Waals surface area contributed by atoms with Crippen LogP contribution in [0.2, 0.25) is 0 Å². The fraction of sp³-hybridized carbons (Fsp3) is 0.320. The van der Waals surface area contributed by atoms with Gasteiger partial charge in [0, 0.05) is 42.2 Å². The van der Waals surface area contributed by atoms with E-state index in [1.165, 1.54) is 24.4 Å². The highest BCUT2D eigenvalue weighted by molar-refractivity contribution is 5.91. The van der Waals surface area contributed by atoms with Gasteiger partial charge in [0.25, 0.3) is 0 Å². The Kier molecular flexibility index (Phi) is 9.75. The molecule has 2 aromatic heterocycles. The lowest BCUT2D eigenvalue weighted by molar-refractivity contribution is -0.137. The fourth-order valence-corrected chi connectivity index (χ4v) is 3.41. The van der Waals surface area contributed by atoms with Gasteiger partial charge in [0.05, 0.1) is 18.8 Å². The number of pyridine rings is 2. The van der Waals surface area contributed by atoms with E-state index in [9.17, 15) is 22.4 Å². The number of benzene rings is 1. The zero-order valence-electron chi connectivity index (χ0n) is 20.3. The van der Waals surface area contributed by atoms with Gasteiger partial charge in [-0.05, 0) is 50.0 Å². The van der Waals surface area contributed by atoms with Gasteiger partial charge in [0.2, 0.25) is 18.2 Å². The number of likely N-dealkylation sites (N-methyl/N-ethyl adjacent to an activating group) is 1. The highest BCUT2D eigenvalue weighted by atomic mass is 19.4. The molecule has 0 unspecified atom stereocenters. The van der Waals surface area contributed by atoms with Crippen LogP contribution in [-0.4, -0.2) is 61.7 Å². The number of nitrogens with zero attached hydrogens (tertiary/aromatic N) is 3. The Bertz CT molecular complexity index is 1190. The number of amides is 1. The van der Waals surface area contributed by atoms with Crippen LogP contribution in [0.4, 0.5) is 29.1 Å². The van der Waals surface area contributed by atoms with Gasteiger partial charge in [-0.2, -0.15) is 17.6 Å². The third kappa shape index (κ3) is 8.12. The second-order valence-electron chi connectivity index (χ2n) is 8.14. The number of ether oxygens (including phenoxy) is 2. The van der Waals surface area contributed by atoms with Crippen LogP contribution in [0.1, 0.15) is 11.1 Å². The lowest BCUT2D eigenvalue weighted by atomic mass is 9.97. The largest absolute Gasteiger partial charge is 0.475 e. The summed E-state index contributed by atoms with van der Waals surface area (Å²) in [5.41, 5.74) is -0.771. The Labute approximate surface area is 211 Å². The van der Waals surface area contributed by atoms with E-state index < -0.39 is 17.7 Å². The van der Waals surface area contributed by atoms with E-state index in [0.717, 1.165) is 18.7 Å². The predicted octanol–water partition coefficient (Wildman–Crippen LogP) is 4.44. The summed E-state index contributed by atoms with van der Waals surface area (Å²) in [6.07, 6.45) is -2.94. The molecule has 2 N–H and O–H groups in total. The molecule has 0 aliphatic carbocycles. The molecule has 0 fully saturated rings. The highest BCUT2D eigenvalue weighted by Gasteiger charge is 2.35. The summed E-state index contributed by atoms with van der Waals surface area (Å²) in [4.78, 5) is 21.0. The molecule has 0 atom stereocenters. The number of carbonyl (C=O) groups excluding carboxylic acids is 1. The van der Waals surface area contributed by atoms with E-state index in [-0.39, 0.29) is 42.2 Å². The molecule has 0 spiro atoms. The average molecular weight is 522 g/mol. The molecule has 1 aromatic carbocycles. The summed E-state index contributed by atoms with van der Waals surface area (Å²) >= 11 is 0. The van der Waals surface area contributed by atoms with Crippen molar-refractivity contribution < 1.29 is 31.8 Å². The summed E-state index contributed by atoms with van der Waals surface area (Å²) < 4.78 is 66.5. The molecular weight excluding hydrogens is 494 g/mol. The minimum Gasteiger partial charge on any atom is -0.475 e. The maximum atomic E-state index is 14.0. The first-order valence-corrected chi connectivity index (χ1v) is 11.3. The standard InChI is InChI=1S/C25H27F4N5O3/c1-34(2)10-11-36-12-13-37-22-14-17(8-9-30-22)15-31-24-18(6-7-21(26)33-24)23-19(25(27,28)29)4-3-5-20(23)32-16-35/h3-9,14,16H,10-13,15H2,1-2H3,(H,31,33)(H,32,35).